The van der Waals surface area contributed by atoms with Gasteiger partial charge in [-0.1, -0.05) is 12.1 Å². The SMILES string of the molecule is Cc1cccc(OCC(=O)NCC2CCN(Cc3cc(C)oc3C)CC2)c1. The van der Waals surface area contributed by atoms with Gasteiger partial charge in [-0.05, 0) is 76.4 Å². The minimum absolute atomic E-state index is 0.0524. The van der Waals surface area contributed by atoms with Crippen molar-refractivity contribution >= 4 is 5.91 Å². The second kappa shape index (κ2) is 9.09. The summed E-state index contributed by atoms with van der Waals surface area (Å²) in [6.07, 6.45) is 2.21. The van der Waals surface area contributed by atoms with Gasteiger partial charge in [-0.2, -0.15) is 0 Å². The van der Waals surface area contributed by atoms with E-state index in [1.165, 1.54) is 5.56 Å². The predicted molar refractivity (Wildman–Crippen MR) is 106 cm³/mol. The van der Waals surface area contributed by atoms with Gasteiger partial charge in [0.15, 0.2) is 6.61 Å². The minimum Gasteiger partial charge on any atom is -0.484 e. The zero-order valence-corrected chi connectivity index (χ0v) is 16.6. The smallest absolute Gasteiger partial charge is 0.257 e. The quantitative estimate of drug-likeness (QED) is 0.809. The second-order valence-corrected chi connectivity index (χ2v) is 7.57. The summed E-state index contributed by atoms with van der Waals surface area (Å²) >= 11 is 0. The van der Waals surface area contributed by atoms with Crippen LogP contribution in [0.4, 0.5) is 0 Å². The summed E-state index contributed by atoms with van der Waals surface area (Å²) in [4.78, 5) is 14.5. The first kappa shape index (κ1) is 19.5. The van der Waals surface area contributed by atoms with E-state index in [1.54, 1.807) is 0 Å². The van der Waals surface area contributed by atoms with E-state index < -0.39 is 0 Å². The summed E-state index contributed by atoms with van der Waals surface area (Å²) in [5, 5.41) is 3.02. The molecule has 1 aromatic carbocycles. The normalized spacial score (nSPS) is 15.7. The lowest BCUT2D eigenvalue weighted by molar-refractivity contribution is -0.123. The van der Waals surface area contributed by atoms with Gasteiger partial charge < -0.3 is 14.5 Å². The summed E-state index contributed by atoms with van der Waals surface area (Å²) in [5.41, 5.74) is 2.41. The van der Waals surface area contributed by atoms with Gasteiger partial charge in [0.25, 0.3) is 5.91 Å². The van der Waals surface area contributed by atoms with Gasteiger partial charge in [-0.3, -0.25) is 9.69 Å². The molecule has 27 heavy (non-hydrogen) atoms. The molecule has 1 amide bonds. The third kappa shape index (κ3) is 5.86. The van der Waals surface area contributed by atoms with Gasteiger partial charge in [0.2, 0.25) is 0 Å². The van der Waals surface area contributed by atoms with E-state index in [0.29, 0.717) is 5.92 Å². The molecule has 2 heterocycles. The maximum absolute atomic E-state index is 12.0. The molecule has 5 nitrogen and oxygen atoms in total. The molecule has 1 aromatic heterocycles. The van der Waals surface area contributed by atoms with Crippen molar-refractivity contribution in [2.75, 3.05) is 26.2 Å². The van der Waals surface area contributed by atoms with E-state index in [2.05, 4.69) is 16.3 Å². The van der Waals surface area contributed by atoms with Crippen LogP contribution in [0.25, 0.3) is 0 Å². The number of carbonyl (C=O) groups excluding carboxylic acids is 1. The van der Waals surface area contributed by atoms with Crippen LogP contribution < -0.4 is 10.1 Å². The molecule has 1 fully saturated rings. The highest BCUT2D eigenvalue weighted by molar-refractivity contribution is 5.77. The Balaban J connectivity index is 1.34. The maximum Gasteiger partial charge on any atom is 0.257 e. The van der Waals surface area contributed by atoms with Crippen LogP contribution >= 0.6 is 0 Å². The molecule has 0 unspecified atom stereocenters. The first-order chi connectivity index (χ1) is 13.0. The van der Waals surface area contributed by atoms with Gasteiger partial charge >= 0.3 is 0 Å². The number of nitrogens with one attached hydrogen (secondary N) is 1. The number of piperidine rings is 1. The number of aryl methyl sites for hydroxylation is 3. The lowest BCUT2D eigenvalue weighted by Gasteiger charge is -2.31. The number of ether oxygens (including phenoxy) is 1. The molecule has 0 spiro atoms. The molecule has 5 heteroatoms. The Morgan fingerprint density at radius 2 is 2.00 bits per heavy atom. The fraction of sp³-hybridized carbons (Fsp3) is 0.500. The number of benzene rings is 1. The number of carbonyl (C=O) groups is 1. The van der Waals surface area contributed by atoms with Crippen molar-refractivity contribution in [3.63, 3.8) is 0 Å². The Bertz CT molecular complexity index is 761. The second-order valence-electron chi connectivity index (χ2n) is 7.57. The Morgan fingerprint density at radius 1 is 1.22 bits per heavy atom. The molecule has 1 N–H and O–H groups in total. The van der Waals surface area contributed by atoms with E-state index >= 15 is 0 Å². The summed E-state index contributed by atoms with van der Waals surface area (Å²) in [6.45, 7) is 9.90. The first-order valence-corrected chi connectivity index (χ1v) is 9.74. The zero-order chi connectivity index (χ0) is 19.2. The van der Waals surface area contributed by atoms with Crippen LogP contribution in [-0.2, 0) is 11.3 Å². The number of hydrogen-bond donors (Lipinski definition) is 1. The van der Waals surface area contributed by atoms with Crippen molar-refractivity contribution in [1.29, 1.82) is 0 Å². The number of nitrogens with zero attached hydrogens (tertiary/aromatic N) is 1. The predicted octanol–water partition coefficient (Wildman–Crippen LogP) is 3.61. The molecule has 0 aliphatic carbocycles. The Hall–Kier alpha value is -2.27. The highest BCUT2D eigenvalue weighted by Crippen LogP contribution is 2.21. The molecule has 1 aliphatic rings. The van der Waals surface area contributed by atoms with Crippen LogP contribution in [0.15, 0.2) is 34.7 Å². The maximum atomic E-state index is 12.0. The Labute approximate surface area is 161 Å². The van der Waals surface area contributed by atoms with Gasteiger partial charge in [0, 0.05) is 18.7 Å². The molecule has 1 aliphatic heterocycles. The molecular weight excluding hydrogens is 340 g/mol. The highest BCUT2D eigenvalue weighted by atomic mass is 16.5. The zero-order valence-electron chi connectivity index (χ0n) is 16.6. The fourth-order valence-electron chi connectivity index (χ4n) is 3.59. The van der Waals surface area contributed by atoms with Gasteiger partial charge in [-0.15, -0.1) is 0 Å². The van der Waals surface area contributed by atoms with Gasteiger partial charge in [0.1, 0.15) is 17.3 Å². The molecule has 0 atom stereocenters. The lowest BCUT2D eigenvalue weighted by atomic mass is 9.96. The van der Waals surface area contributed by atoms with E-state index in [-0.39, 0.29) is 12.5 Å². The summed E-state index contributed by atoms with van der Waals surface area (Å²) in [7, 11) is 0. The number of furan rings is 1. The van der Waals surface area contributed by atoms with Crippen LogP contribution in [0, 0.1) is 26.7 Å². The molecule has 1 saturated heterocycles. The molecular formula is C22H30N2O3. The van der Waals surface area contributed by atoms with Crippen molar-refractivity contribution < 1.29 is 13.9 Å². The molecule has 0 saturated carbocycles. The van der Waals surface area contributed by atoms with Crippen molar-refractivity contribution in [3.8, 4) is 5.75 Å². The van der Waals surface area contributed by atoms with E-state index in [0.717, 1.165) is 61.9 Å². The van der Waals surface area contributed by atoms with Gasteiger partial charge in [-0.25, -0.2) is 0 Å². The monoisotopic (exact) mass is 370 g/mol. The number of hydrogen-bond acceptors (Lipinski definition) is 4. The standard InChI is InChI=1S/C22H30N2O3/c1-16-5-4-6-21(11-16)26-15-22(25)23-13-19-7-9-24(10-8-19)14-20-12-17(2)27-18(20)3/h4-6,11-12,19H,7-10,13-15H2,1-3H3,(H,23,25). The average Bonchev–Trinajstić information content (AvgIpc) is 2.96. The van der Waals surface area contributed by atoms with Gasteiger partial charge in [0.05, 0.1) is 0 Å². The minimum atomic E-state index is -0.0524. The van der Waals surface area contributed by atoms with Crippen LogP contribution in [0.5, 0.6) is 5.75 Å². The van der Waals surface area contributed by atoms with E-state index in [4.69, 9.17) is 9.15 Å². The van der Waals surface area contributed by atoms with Crippen LogP contribution in [0.2, 0.25) is 0 Å². The summed E-state index contributed by atoms with van der Waals surface area (Å²) < 4.78 is 11.2. The first-order valence-electron chi connectivity index (χ1n) is 9.74. The van der Waals surface area contributed by atoms with Crippen LogP contribution in [0.3, 0.4) is 0 Å². The van der Waals surface area contributed by atoms with Crippen LogP contribution in [-0.4, -0.2) is 37.0 Å². The Morgan fingerprint density at radius 3 is 2.67 bits per heavy atom. The number of rotatable bonds is 7. The highest BCUT2D eigenvalue weighted by Gasteiger charge is 2.21. The average molecular weight is 370 g/mol. The van der Waals surface area contributed by atoms with E-state index in [1.807, 2.05) is 45.0 Å². The van der Waals surface area contributed by atoms with Crippen molar-refractivity contribution in [3.05, 3.63) is 53.0 Å². The molecule has 146 valence electrons. The Kier molecular flexibility index (Phi) is 6.56. The summed E-state index contributed by atoms with van der Waals surface area (Å²) in [6, 6.07) is 9.89. The molecule has 3 rings (SSSR count). The third-order valence-electron chi connectivity index (χ3n) is 5.19. The largest absolute Gasteiger partial charge is 0.484 e. The fourth-order valence-corrected chi connectivity index (χ4v) is 3.59. The van der Waals surface area contributed by atoms with Crippen molar-refractivity contribution in [2.24, 2.45) is 5.92 Å². The topological polar surface area (TPSA) is 54.7 Å². The lowest BCUT2D eigenvalue weighted by Crippen LogP contribution is -2.39. The molecule has 0 radical (unpaired) electrons. The van der Waals surface area contributed by atoms with E-state index in [9.17, 15) is 4.79 Å². The molecule has 2 aromatic rings. The number of amides is 1. The third-order valence-corrected chi connectivity index (χ3v) is 5.19. The van der Waals surface area contributed by atoms with Crippen molar-refractivity contribution in [2.45, 2.75) is 40.2 Å². The van der Waals surface area contributed by atoms with Crippen LogP contribution in [0.1, 0.15) is 35.5 Å². The summed E-state index contributed by atoms with van der Waals surface area (Å²) in [5.74, 6) is 3.23. The van der Waals surface area contributed by atoms with Crippen molar-refractivity contribution in [1.82, 2.24) is 10.2 Å². The molecule has 0 bridgehead atoms. The number of likely N-dealkylation sites (tertiary alicyclic amines) is 1.